The van der Waals surface area contributed by atoms with Crippen LogP contribution in [0.15, 0.2) is 87.3 Å². The predicted octanol–water partition coefficient (Wildman–Crippen LogP) is 2.37. The fourth-order valence-electron chi connectivity index (χ4n) is 4.00. The third-order valence-electron chi connectivity index (χ3n) is 5.86. The summed E-state index contributed by atoms with van der Waals surface area (Å²) in [5.74, 6) is -0.929. The molecule has 0 aliphatic carbocycles. The minimum absolute atomic E-state index is 0.0107. The third kappa shape index (κ3) is 5.37. The summed E-state index contributed by atoms with van der Waals surface area (Å²) in [7, 11) is -2.34. The Morgan fingerprint density at radius 3 is 2.35 bits per heavy atom. The normalized spacial score (nSPS) is 12.3. The van der Waals surface area contributed by atoms with Crippen LogP contribution < -0.4 is 21.7 Å². The van der Waals surface area contributed by atoms with E-state index < -0.39 is 32.9 Å². The van der Waals surface area contributed by atoms with Gasteiger partial charge in [0, 0.05) is 17.9 Å². The van der Waals surface area contributed by atoms with E-state index in [0.717, 1.165) is 15.5 Å². The number of aromatic nitrogens is 3. The lowest BCUT2D eigenvalue weighted by Gasteiger charge is -2.17. The summed E-state index contributed by atoms with van der Waals surface area (Å²) in [4.78, 5) is 26.9. The van der Waals surface area contributed by atoms with E-state index >= 15 is 4.39 Å². The molecule has 1 aromatic heterocycles. The second kappa shape index (κ2) is 10.5. The van der Waals surface area contributed by atoms with Crippen LogP contribution in [0.5, 0.6) is 5.75 Å². The van der Waals surface area contributed by atoms with E-state index in [1.165, 1.54) is 31.4 Å². The van der Waals surface area contributed by atoms with Crippen LogP contribution in [-0.2, 0) is 22.9 Å². The van der Waals surface area contributed by atoms with E-state index in [4.69, 9.17) is 10.5 Å². The van der Waals surface area contributed by atoms with Gasteiger partial charge in [0.05, 0.1) is 25.1 Å². The molecule has 2 N–H and O–H groups in total. The molecule has 1 unspecified atom stereocenters. The average Bonchev–Trinajstić information content (AvgIpc) is 2.88. The van der Waals surface area contributed by atoms with Crippen molar-refractivity contribution < 1.29 is 17.5 Å². The molecule has 0 saturated heterocycles. The molecule has 9 nitrogen and oxygen atoms in total. The number of ether oxygens (including phenoxy) is 1. The Morgan fingerprint density at radius 1 is 1.00 bits per heavy atom. The number of hydrogen-bond acceptors (Lipinski definition) is 7. The Kier molecular flexibility index (Phi) is 7.37. The van der Waals surface area contributed by atoms with Crippen molar-refractivity contribution in [3.8, 4) is 17.0 Å². The minimum atomic E-state index is -3.63. The van der Waals surface area contributed by atoms with Crippen molar-refractivity contribution in [1.29, 1.82) is 0 Å². The lowest BCUT2D eigenvalue weighted by molar-refractivity contribution is 0.387. The van der Waals surface area contributed by atoms with Crippen LogP contribution >= 0.6 is 0 Å². The van der Waals surface area contributed by atoms with Gasteiger partial charge in [-0.15, -0.1) is 0 Å². The van der Waals surface area contributed by atoms with Crippen LogP contribution in [0.4, 0.5) is 4.39 Å². The van der Waals surface area contributed by atoms with Gasteiger partial charge in [-0.25, -0.2) is 22.3 Å². The highest BCUT2D eigenvalue weighted by Gasteiger charge is 2.22. The number of nitrogens with zero attached hydrogens (tertiary/aromatic N) is 3. The van der Waals surface area contributed by atoms with Crippen molar-refractivity contribution in [3.05, 3.63) is 111 Å². The zero-order valence-corrected chi connectivity index (χ0v) is 21.0. The van der Waals surface area contributed by atoms with Crippen molar-refractivity contribution in [1.82, 2.24) is 14.3 Å². The van der Waals surface area contributed by atoms with Gasteiger partial charge in [0.2, 0.25) is 0 Å². The van der Waals surface area contributed by atoms with Crippen molar-refractivity contribution in [2.24, 2.45) is 5.73 Å². The number of methoxy groups -OCH3 is 1. The summed E-state index contributed by atoms with van der Waals surface area (Å²) in [6, 6.07) is 18.5. The molecule has 37 heavy (non-hydrogen) atoms. The molecule has 3 aromatic carbocycles. The Balaban J connectivity index is 1.93. The fourth-order valence-corrected chi connectivity index (χ4v) is 4.94. The van der Waals surface area contributed by atoms with Gasteiger partial charge in [0.15, 0.2) is 27.1 Å². The molecular weight excluding hydrogens is 499 g/mol. The van der Waals surface area contributed by atoms with Gasteiger partial charge in [-0.1, -0.05) is 54.6 Å². The van der Waals surface area contributed by atoms with Crippen LogP contribution in [0.25, 0.3) is 11.3 Å². The highest BCUT2D eigenvalue weighted by atomic mass is 32.2. The summed E-state index contributed by atoms with van der Waals surface area (Å²) in [5, 5.41) is 4.18. The quantitative estimate of drug-likeness (QED) is 0.375. The van der Waals surface area contributed by atoms with Gasteiger partial charge in [0.25, 0.3) is 5.56 Å². The first kappa shape index (κ1) is 26.0. The Bertz CT molecular complexity index is 1670. The number of nitrogens with two attached hydrogens (primary N) is 1. The SMILES string of the molecule is COc1cccc(-c2nn(Cc3ccccc3S(C)(=O)=O)c(=O)n(CC(N)c3ccccc3)c2=O)c1F. The summed E-state index contributed by atoms with van der Waals surface area (Å²) >= 11 is 0. The second-order valence-electron chi connectivity index (χ2n) is 8.42. The number of halogens is 1. The maximum Gasteiger partial charge on any atom is 0.347 e. The molecule has 0 fully saturated rings. The summed E-state index contributed by atoms with van der Waals surface area (Å²) in [5.41, 5.74) is 5.13. The van der Waals surface area contributed by atoms with E-state index in [0.29, 0.717) is 5.56 Å². The van der Waals surface area contributed by atoms with Crippen LogP contribution in [-0.4, -0.2) is 36.1 Å². The largest absolute Gasteiger partial charge is 0.494 e. The fraction of sp³-hybridized carbons (Fsp3) is 0.192. The Labute approximate surface area is 212 Å². The zero-order chi connectivity index (χ0) is 26.7. The first-order chi connectivity index (χ1) is 17.6. The van der Waals surface area contributed by atoms with Crippen molar-refractivity contribution in [2.45, 2.75) is 24.0 Å². The number of hydrogen-bond donors (Lipinski definition) is 1. The Morgan fingerprint density at radius 2 is 1.68 bits per heavy atom. The first-order valence-corrected chi connectivity index (χ1v) is 13.1. The third-order valence-corrected chi connectivity index (χ3v) is 7.05. The summed E-state index contributed by atoms with van der Waals surface area (Å²) in [6.45, 7) is -0.488. The first-order valence-electron chi connectivity index (χ1n) is 11.2. The van der Waals surface area contributed by atoms with Gasteiger partial charge in [-0.2, -0.15) is 5.10 Å². The number of benzene rings is 3. The monoisotopic (exact) mass is 524 g/mol. The van der Waals surface area contributed by atoms with Crippen LogP contribution in [0.1, 0.15) is 17.2 Å². The van der Waals surface area contributed by atoms with Crippen LogP contribution in [0.3, 0.4) is 0 Å². The lowest BCUT2D eigenvalue weighted by atomic mass is 10.1. The van der Waals surface area contributed by atoms with Gasteiger partial charge < -0.3 is 10.5 Å². The molecule has 4 rings (SSSR count). The van der Waals surface area contributed by atoms with Crippen molar-refractivity contribution in [2.75, 3.05) is 13.4 Å². The molecule has 0 amide bonds. The molecule has 0 bridgehead atoms. The topological polar surface area (TPSA) is 126 Å². The number of sulfone groups is 1. The maximum atomic E-state index is 15.2. The van der Waals surface area contributed by atoms with Crippen molar-refractivity contribution in [3.63, 3.8) is 0 Å². The summed E-state index contributed by atoms with van der Waals surface area (Å²) in [6.07, 6.45) is 1.05. The molecular formula is C26H25FN4O5S. The molecule has 0 aliphatic rings. The van der Waals surface area contributed by atoms with E-state index in [-0.39, 0.29) is 40.6 Å². The van der Waals surface area contributed by atoms with E-state index in [1.807, 2.05) is 6.07 Å². The van der Waals surface area contributed by atoms with Gasteiger partial charge in [-0.3, -0.25) is 9.36 Å². The molecule has 0 aliphatic heterocycles. The standard InChI is InChI=1S/C26H25FN4O5S/c1-36-21-13-8-12-19(23(21)27)24-25(32)30(16-20(28)17-9-4-3-5-10-17)26(33)31(29-24)15-18-11-6-7-14-22(18)37(2,34)35/h3-14,20H,15-16,28H2,1-2H3. The van der Waals surface area contributed by atoms with Crippen LogP contribution in [0, 0.1) is 5.82 Å². The number of rotatable bonds is 8. The summed E-state index contributed by atoms with van der Waals surface area (Å²) < 4.78 is 46.7. The lowest BCUT2D eigenvalue weighted by Crippen LogP contribution is -2.44. The van der Waals surface area contributed by atoms with E-state index in [9.17, 15) is 18.0 Å². The molecule has 1 heterocycles. The molecule has 0 radical (unpaired) electrons. The molecule has 0 spiro atoms. The Hall–Kier alpha value is -4.09. The smallest absolute Gasteiger partial charge is 0.347 e. The van der Waals surface area contributed by atoms with Gasteiger partial charge in [-0.05, 0) is 29.3 Å². The maximum absolute atomic E-state index is 15.2. The zero-order valence-electron chi connectivity index (χ0n) is 20.2. The molecule has 192 valence electrons. The predicted molar refractivity (Wildman–Crippen MR) is 137 cm³/mol. The van der Waals surface area contributed by atoms with Gasteiger partial charge >= 0.3 is 5.69 Å². The van der Waals surface area contributed by atoms with E-state index in [2.05, 4.69) is 5.10 Å². The second-order valence-corrected chi connectivity index (χ2v) is 10.4. The molecule has 4 aromatic rings. The highest BCUT2D eigenvalue weighted by molar-refractivity contribution is 7.90. The molecule has 0 saturated carbocycles. The van der Waals surface area contributed by atoms with E-state index in [1.54, 1.807) is 42.5 Å². The minimum Gasteiger partial charge on any atom is -0.494 e. The molecule has 11 heteroatoms. The van der Waals surface area contributed by atoms with Gasteiger partial charge in [0.1, 0.15) is 0 Å². The van der Waals surface area contributed by atoms with Crippen molar-refractivity contribution >= 4 is 9.84 Å². The van der Waals surface area contributed by atoms with Crippen LogP contribution in [0.2, 0.25) is 0 Å². The average molecular weight is 525 g/mol. The molecule has 1 atom stereocenters. The highest BCUT2D eigenvalue weighted by Crippen LogP contribution is 2.26.